The monoisotopic (exact) mass is 319 g/mol. The zero-order valence-electron chi connectivity index (χ0n) is 15.0. The van der Waals surface area contributed by atoms with E-state index in [0.29, 0.717) is 12.0 Å². The van der Waals surface area contributed by atoms with Crippen LogP contribution in [-0.2, 0) is 13.0 Å². The van der Waals surface area contributed by atoms with Crippen LogP contribution in [0, 0.1) is 5.92 Å². The second-order valence-electron chi connectivity index (χ2n) is 7.10. The van der Waals surface area contributed by atoms with Crippen molar-refractivity contribution in [2.24, 2.45) is 5.92 Å². The summed E-state index contributed by atoms with van der Waals surface area (Å²) < 4.78 is 0. The van der Waals surface area contributed by atoms with E-state index >= 15 is 0 Å². The van der Waals surface area contributed by atoms with Crippen LogP contribution >= 0.6 is 0 Å². The van der Waals surface area contributed by atoms with E-state index < -0.39 is 0 Å². The van der Waals surface area contributed by atoms with Gasteiger partial charge in [0.15, 0.2) is 0 Å². The molecule has 0 bridgehead atoms. The molecule has 0 amide bonds. The van der Waals surface area contributed by atoms with E-state index in [0.717, 1.165) is 13.0 Å². The molecule has 0 radical (unpaired) electrons. The van der Waals surface area contributed by atoms with E-state index in [2.05, 4.69) is 79.9 Å². The van der Waals surface area contributed by atoms with Crippen molar-refractivity contribution < 1.29 is 0 Å². The Labute approximate surface area is 147 Å². The molecule has 126 valence electrons. The minimum absolute atomic E-state index is 0.541. The topological polar surface area (TPSA) is 3.24 Å². The van der Waals surface area contributed by atoms with Gasteiger partial charge in [-0.1, -0.05) is 87.9 Å². The quantitative estimate of drug-likeness (QED) is 0.639. The van der Waals surface area contributed by atoms with Crippen molar-refractivity contribution >= 4 is 5.70 Å². The van der Waals surface area contributed by atoms with E-state index in [4.69, 9.17) is 0 Å². The van der Waals surface area contributed by atoms with Crippen LogP contribution in [0.5, 0.6) is 0 Å². The summed E-state index contributed by atoms with van der Waals surface area (Å²) >= 11 is 0. The number of hydrogen-bond donors (Lipinski definition) is 0. The minimum Gasteiger partial charge on any atom is -0.364 e. The van der Waals surface area contributed by atoms with Gasteiger partial charge >= 0.3 is 0 Å². The Morgan fingerprint density at radius 3 is 2.46 bits per heavy atom. The molecule has 2 atom stereocenters. The maximum atomic E-state index is 4.46. The van der Waals surface area contributed by atoms with Gasteiger partial charge in [0.05, 0.1) is 0 Å². The summed E-state index contributed by atoms with van der Waals surface area (Å²) in [7, 11) is 0. The Kier molecular flexibility index (Phi) is 5.40. The molecule has 0 spiro atoms. The number of unbranched alkanes of at least 4 members (excludes halogenated alkanes) is 1. The highest BCUT2D eigenvalue weighted by Gasteiger charge is 2.30. The standard InChI is InChI=1S/C23H29N/c1-4-5-11-18(2)23-16-21-14-9-10-15-22(21)17-24(23)19(3)20-12-7-6-8-13-20/h6-10,12-15,18,23H,3-5,11,16-17H2,1-2H3. The first-order valence-electron chi connectivity index (χ1n) is 9.28. The molecule has 2 aromatic rings. The van der Waals surface area contributed by atoms with Crippen LogP contribution in [0.25, 0.3) is 5.70 Å². The lowest BCUT2D eigenvalue weighted by Crippen LogP contribution is -2.43. The van der Waals surface area contributed by atoms with Crippen molar-refractivity contribution in [2.75, 3.05) is 0 Å². The summed E-state index contributed by atoms with van der Waals surface area (Å²) in [5, 5.41) is 0. The molecule has 2 aromatic carbocycles. The Hall–Kier alpha value is -2.02. The molecule has 0 saturated carbocycles. The summed E-state index contributed by atoms with van der Waals surface area (Å²) in [6, 6.07) is 20.1. The van der Waals surface area contributed by atoms with Crippen LogP contribution in [0.4, 0.5) is 0 Å². The van der Waals surface area contributed by atoms with Crippen LogP contribution in [0.3, 0.4) is 0 Å². The SMILES string of the molecule is C=C(c1ccccc1)N1Cc2ccccc2CC1C(C)CCCC. The number of benzene rings is 2. The molecule has 0 aromatic heterocycles. The Balaban J connectivity index is 1.89. The summed E-state index contributed by atoms with van der Waals surface area (Å²) in [6.07, 6.45) is 5.01. The van der Waals surface area contributed by atoms with Gasteiger partial charge in [-0.25, -0.2) is 0 Å². The molecule has 1 heterocycles. The summed E-state index contributed by atoms with van der Waals surface area (Å²) in [5.74, 6) is 0.679. The summed E-state index contributed by atoms with van der Waals surface area (Å²) in [4.78, 5) is 2.55. The van der Waals surface area contributed by atoms with Gasteiger partial charge in [0.2, 0.25) is 0 Å². The van der Waals surface area contributed by atoms with Gasteiger partial charge in [-0.05, 0) is 35.4 Å². The lowest BCUT2D eigenvalue weighted by molar-refractivity contribution is 0.191. The molecule has 0 saturated heterocycles. The molecule has 1 heteroatoms. The fourth-order valence-corrected chi connectivity index (χ4v) is 3.87. The zero-order valence-corrected chi connectivity index (χ0v) is 15.0. The molecule has 2 unspecified atom stereocenters. The van der Waals surface area contributed by atoms with Gasteiger partial charge in [0.25, 0.3) is 0 Å². The lowest BCUT2D eigenvalue weighted by Gasteiger charge is -2.43. The third-order valence-electron chi connectivity index (χ3n) is 5.41. The van der Waals surface area contributed by atoms with Crippen LogP contribution in [0.1, 0.15) is 49.8 Å². The van der Waals surface area contributed by atoms with E-state index in [1.54, 1.807) is 0 Å². The predicted octanol–water partition coefficient (Wildman–Crippen LogP) is 5.91. The third kappa shape index (κ3) is 3.56. The average Bonchev–Trinajstić information content (AvgIpc) is 2.65. The largest absolute Gasteiger partial charge is 0.364 e. The molecule has 0 aliphatic carbocycles. The average molecular weight is 319 g/mol. The van der Waals surface area contributed by atoms with Crippen molar-refractivity contribution in [2.45, 2.75) is 52.1 Å². The molecule has 1 aliphatic heterocycles. The van der Waals surface area contributed by atoms with Crippen molar-refractivity contribution in [1.29, 1.82) is 0 Å². The second kappa shape index (κ2) is 7.70. The van der Waals surface area contributed by atoms with E-state index in [-0.39, 0.29) is 0 Å². The van der Waals surface area contributed by atoms with Gasteiger partial charge in [0, 0.05) is 18.3 Å². The first kappa shape index (κ1) is 16.8. The number of nitrogens with zero attached hydrogens (tertiary/aromatic N) is 1. The van der Waals surface area contributed by atoms with E-state index in [9.17, 15) is 0 Å². The second-order valence-corrected chi connectivity index (χ2v) is 7.10. The van der Waals surface area contributed by atoms with Crippen LogP contribution in [0.2, 0.25) is 0 Å². The molecule has 0 fully saturated rings. The van der Waals surface area contributed by atoms with Crippen molar-refractivity contribution in [3.8, 4) is 0 Å². The van der Waals surface area contributed by atoms with Gasteiger partial charge in [-0.2, -0.15) is 0 Å². The number of hydrogen-bond acceptors (Lipinski definition) is 1. The third-order valence-corrected chi connectivity index (χ3v) is 5.41. The fraction of sp³-hybridized carbons (Fsp3) is 0.391. The first-order chi connectivity index (χ1) is 11.7. The zero-order chi connectivity index (χ0) is 16.9. The van der Waals surface area contributed by atoms with Gasteiger partial charge in [-0.15, -0.1) is 0 Å². The Morgan fingerprint density at radius 1 is 1.08 bits per heavy atom. The highest BCUT2D eigenvalue weighted by Crippen LogP contribution is 2.34. The fourth-order valence-electron chi connectivity index (χ4n) is 3.87. The molecule has 1 nitrogen and oxygen atoms in total. The number of fused-ring (bicyclic) bond motifs is 1. The molecule has 3 rings (SSSR count). The maximum Gasteiger partial charge on any atom is 0.0435 e. The Morgan fingerprint density at radius 2 is 1.75 bits per heavy atom. The predicted molar refractivity (Wildman–Crippen MR) is 104 cm³/mol. The van der Waals surface area contributed by atoms with E-state index in [1.165, 1.54) is 41.6 Å². The highest BCUT2D eigenvalue weighted by molar-refractivity contribution is 5.62. The molecule has 1 aliphatic rings. The van der Waals surface area contributed by atoms with E-state index in [1.807, 2.05) is 0 Å². The minimum atomic E-state index is 0.541. The van der Waals surface area contributed by atoms with Crippen molar-refractivity contribution in [1.82, 2.24) is 4.90 Å². The van der Waals surface area contributed by atoms with Gasteiger partial charge in [0.1, 0.15) is 0 Å². The smallest absolute Gasteiger partial charge is 0.0435 e. The van der Waals surface area contributed by atoms with Crippen LogP contribution < -0.4 is 0 Å². The van der Waals surface area contributed by atoms with Gasteiger partial charge in [-0.3, -0.25) is 0 Å². The molecular weight excluding hydrogens is 290 g/mol. The highest BCUT2D eigenvalue weighted by atomic mass is 15.2. The Bertz CT molecular complexity index is 673. The normalized spacial score (nSPS) is 18.1. The van der Waals surface area contributed by atoms with Crippen LogP contribution in [-0.4, -0.2) is 10.9 Å². The summed E-state index contributed by atoms with van der Waals surface area (Å²) in [6.45, 7) is 10.1. The number of rotatable bonds is 6. The van der Waals surface area contributed by atoms with Crippen LogP contribution in [0.15, 0.2) is 61.2 Å². The molecule has 24 heavy (non-hydrogen) atoms. The molecular formula is C23H29N. The lowest BCUT2D eigenvalue weighted by atomic mass is 9.84. The first-order valence-corrected chi connectivity index (χ1v) is 9.28. The van der Waals surface area contributed by atoms with Crippen molar-refractivity contribution in [3.05, 3.63) is 77.9 Å². The van der Waals surface area contributed by atoms with Crippen molar-refractivity contribution in [3.63, 3.8) is 0 Å². The van der Waals surface area contributed by atoms with Gasteiger partial charge < -0.3 is 4.90 Å². The molecule has 0 N–H and O–H groups in total. The summed E-state index contributed by atoms with van der Waals surface area (Å²) in [5.41, 5.74) is 5.37. The maximum absolute atomic E-state index is 4.46.